The lowest BCUT2D eigenvalue weighted by molar-refractivity contribution is -0.119. The normalized spacial score (nSPS) is 15.8. The maximum Gasteiger partial charge on any atom is 0.338 e. The number of methoxy groups -OCH3 is 2. The molecule has 168 valence electrons. The Bertz CT molecular complexity index is 1230. The van der Waals surface area contributed by atoms with E-state index in [0.717, 1.165) is 5.69 Å². The third-order valence-corrected chi connectivity index (χ3v) is 7.03. The zero-order valence-corrected chi connectivity index (χ0v) is 18.8. The van der Waals surface area contributed by atoms with Crippen molar-refractivity contribution in [3.63, 3.8) is 0 Å². The van der Waals surface area contributed by atoms with Crippen molar-refractivity contribution in [3.8, 4) is 11.5 Å². The van der Waals surface area contributed by atoms with Crippen LogP contribution in [0.2, 0.25) is 0 Å². The van der Waals surface area contributed by atoms with Crippen LogP contribution < -0.4 is 19.7 Å². The van der Waals surface area contributed by atoms with Gasteiger partial charge in [0, 0.05) is 17.5 Å². The quantitative estimate of drug-likeness (QED) is 0.623. The fraction of sp³-hybridized carbons (Fsp3) is 0.250. The van der Waals surface area contributed by atoms with E-state index in [0.29, 0.717) is 33.8 Å². The molecule has 2 aromatic carbocycles. The number of ether oxygens (including phenoxy) is 3. The molecule has 2 heterocycles. The fourth-order valence-electron chi connectivity index (χ4n) is 3.16. The van der Waals surface area contributed by atoms with Gasteiger partial charge in [-0.3, -0.25) is 4.79 Å². The van der Waals surface area contributed by atoms with E-state index >= 15 is 0 Å². The van der Waals surface area contributed by atoms with Crippen LogP contribution >= 0.6 is 11.8 Å². The van der Waals surface area contributed by atoms with E-state index in [1.165, 1.54) is 26.0 Å². The molecule has 0 aromatic heterocycles. The number of nitrogens with zero attached hydrogens (tertiary/aromatic N) is 2. The van der Waals surface area contributed by atoms with Crippen molar-refractivity contribution < 1.29 is 32.2 Å². The molecule has 10 nitrogen and oxygen atoms in total. The SMILES string of the molecule is COc1ccc(NC(=O)COC(=O)c2ccc3c(c2)SC2=NS(=O)(=O)CCN23)c(OC)c1. The first kappa shape index (κ1) is 22.0. The van der Waals surface area contributed by atoms with Gasteiger partial charge in [-0.1, -0.05) is 0 Å². The molecule has 1 N–H and O–H groups in total. The summed E-state index contributed by atoms with van der Waals surface area (Å²) >= 11 is 1.17. The van der Waals surface area contributed by atoms with Gasteiger partial charge in [0.15, 0.2) is 11.8 Å². The molecule has 32 heavy (non-hydrogen) atoms. The lowest BCUT2D eigenvalue weighted by Crippen LogP contribution is -2.35. The number of hydrogen-bond acceptors (Lipinski definition) is 9. The number of nitrogens with one attached hydrogen (secondary N) is 1. The summed E-state index contributed by atoms with van der Waals surface area (Å²) in [6.07, 6.45) is 0. The number of rotatable bonds is 6. The highest BCUT2D eigenvalue weighted by atomic mass is 32.2. The Kier molecular flexibility index (Phi) is 5.98. The second-order valence-electron chi connectivity index (χ2n) is 6.79. The fourth-order valence-corrected chi connectivity index (χ4v) is 5.46. The van der Waals surface area contributed by atoms with Crippen LogP contribution in [-0.4, -0.2) is 58.6 Å². The minimum atomic E-state index is -3.46. The Morgan fingerprint density at radius 1 is 1.16 bits per heavy atom. The van der Waals surface area contributed by atoms with Crippen LogP contribution in [0, 0.1) is 0 Å². The number of anilines is 2. The zero-order chi connectivity index (χ0) is 22.9. The molecule has 2 aliphatic heterocycles. The summed E-state index contributed by atoms with van der Waals surface area (Å²) in [4.78, 5) is 27.2. The van der Waals surface area contributed by atoms with Crippen LogP contribution in [0.25, 0.3) is 0 Å². The van der Waals surface area contributed by atoms with Crippen LogP contribution in [0.1, 0.15) is 10.4 Å². The molecule has 0 spiro atoms. The molecule has 4 rings (SSSR count). The third-order valence-electron chi connectivity index (χ3n) is 4.73. The average Bonchev–Trinajstić information content (AvgIpc) is 3.12. The summed E-state index contributed by atoms with van der Waals surface area (Å²) in [5, 5.41) is 2.99. The Morgan fingerprint density at radius 2 is 1.97 bits per heavy atom. The average molecular weight is 478 g/mol. The Morgan fingerprint density at radius 3 is 2.72 bits per heavy atom. The van der Waals surface area contributed by atoms with Crippen LogP contribution in [0.4, 0.5) is 11.4 Å². The zero-order valence-electron chi connectivity index (χ0n) is 17.2. The van der Waals surface area contributed by atoms with E-state index in [1.54, 1.807) is 41.3 Å². The van der Waals surface area contributed by atoms with Crippen LogP contribution in [0.5, 0.6) is 11.5 Å². The van der Waals surface area contributed by atoms with Gasteiger partial charge in [-0.05, 0) is 42.1 Å². The molecule has 0 bridgehead atoms. The third kappa shape index (κ3) is 4.50. The highest BCUT2D eigenvalue weighted by Crippen LogP contribution is 2.42. The number of amides is 1. The van der Waals surface area contributed by atoms with Gasteiger partial charge in [0.05, 0.1) is 36.9 Å². The summed E-state index contributed by atoms with van der Waals surface area (Å²) in [5.41, 5.74) is 1.44. The van der Waals surface area contributed by atoms with Crippen molar-refractivity contribution in [2.45, 2.75) is 4.90 Å². The number of amidine groups is 1. The highest BCUT2D eigenvalue weighted by molar-refractivity contribution is 8.15. The van der Waals surface area contributed by atoms with Crippen LogP contribution in [0.3, 0.4) is 0 Å². The standard InChI is InChI=1S/C20H19N3O7S2/c1-28-13-4-5-14(16(10-13)29-2)21-18(24)11-30-19(25)12-3-6-15-17(9-12)31-20-22-32(26,27)8-7-23(15)20/h3-6,9-10H,7-8,11H2,1-2H3,(H,21,24). The minimum Gasteiger partial charge on any atom is -0.497 e. The van der Waals surface area contributed by atoms with Crippen LogP contribution in [0.15, 0.2) is 45.7 Å². The van der Waals surface area contributed by atoms with Gasteiger partial charge >= 0.3 is 5.97 Å². The predicted molar refractivity (Wildman–Crippen MR) is 119 cm³/mol. The van der Waals surface area contributed by atoms with E-state index < -0.39 is 28.5 Å². The predicted octanol–water partition coefficient (Wildman–Crippen LogP) is 2.11. The molecule has 0 aliphatic carbocycles. The van der Waals surface area contributed by atoms with Crippen molar-refractivity contribution in [1.29, 1.82) is 0 Å². The number of carbonyl (C=O) groups excluding carboxylic acids is 2. The maximum absolute atomic E-state index is 12.4. The molecule has 12 heteroatoms. The Labute approximate surface area is 188 Å². The maximum atomic E-state index is 12.4. The number of carbonyl (C=O) groups is 2. The molecule has 1 amide bonds. The lowest BCUT2D eigenvalue weighted by atomic mass is 10.2. The number of hydrogen-bond donors (Lipinski definition) is 1. The van der Waals surface area contributed by atoms with Gasteiger partial charge < -0.3 is 24.4 Å². The summed E-state index contributed by atoms with van der Waals surface area (Å²) in [7, 11) is -0.480. The second kappa shape index (κ2) is 8.71. The first-order valence-electron chi connectivity index (χ1n) is 9.41. The van der Waals surface area contributed by atoms with Gasteiger partial charge in [-0.25, -0.2) is 13.2 Å². The summed E-state index contributed by atoms with van der Waals surface area (Å²) in [6.45, 7) is -0.185. The van der Waals surface area contributed by atoms with Crippen molar-refractivity contribution in [2.24, 2.45) is 4.40 Å². The molecule has 0 saturated heterocycles. The van der Waals surface area contributed by atoms with Crippen molar-refractivity contribution in [2.75, 3.05) is 43.3 Å². The first-order valence-corrected chi connectivity index (χ1v) is 11.8. The molecule has 0 radical (unpaired) electrons. The van der Waals surface area contributed by atoms with Gasteiger partial charge in [-0.2, -0.15) is 0 Å². The molecule has 0 unspecified atom stereocenters. The molecular weight excluding hydrogens is 458 g/mol. The van der Waals surface area contributed by atoms with E-state index in [2.05, 4.69) is 9.71 Å². The minimum absolute atomic E-state index is 0.0611. The topological polar surface area (TPSA) is 124 Å². The number of esters is 1. The molecule has 0 atom stereocenters. The molecule has 2 aromatic rings. The van der Waals surface area contributed by atoms with Crippen molar-refractivity contribution in [1.82, 2.24) is 0 Å². The van der Waals surface area contributed by atoms with E-state index in [1.807, 2.05) is 0 Å². The molecular formula is C20H19N3O7S2. The largest absolute Gasteiger partial charge is 0.497 e. The number of benzene rings is 2. The monoisotopic (exact) mass is 477 g/mol. The molecule has 0 saturated carbocycles. The summed E-state index contributed by atoms with van der Waals surface area (Å²) in [6, 6.07) is 9.77. The number of thioether (sulfide) groups is 1. The summed E-state index contributed by atoms with van der Waals surface area (Å²) in [5.74, 6) is -0.297. The van der Waals surface area contributed by atoms with Crippen LogP contribution in [-0.2, 0) is 19.6 Å². The lowest BCUT2D eigenvalue weighted by Gasteiger charge is -2.22. The molecule has 0 fully saturated rings. The van der Waals surface area contributed by atoms with Gasteiger partial charge in [0.1, 0.15) is 11.5 Å². The second-order valence-corrected chi connectivity index (χ2v) is 9.55. The smallest absolute Gasteiger partial charge is 0.338 e. The first-order chi connectivity index (χ1) is 15.3. The van der Waals surface area contributed by atoms with E-state index in [4.69, 9.17) is 14.2 Å². The van der Waals surface area contributed by atoms with E-state index in [-0.39, 0.29) is 11.3 Å². The number of sulfonamides is 1. The van der Waals surface area contributed by atoms with Gasteiger partial charge in [-0.15, -0.1) is 4.40 Å². The Hall–Kier alpha value is -3.25. The van der Waals surface area contributed by atoms with E-state index in [9.17, 15) is 18.0 Å². The van der Waals surface area contributed by atoms with Gasteiger partial charge in [0.2, 0.25) is 0 Å². The highest BCUT2D eigenvalue weighted by Gasteiger charge is 2.33. The molecule has 2 aliphatic rings. The van der Waals surface area contributed by atoms with Crippen molar-refractivity contribution in [3.05, 3.63) is 42.0 Å². The van der Waals surface area contributed by atoms with Crippen molar-refractivity contribution >= 4 is 50.2 Å². The van der Waals surface area contributed by atoms with Gasteiger partial charge in [0.25, 0.3) is 15.9 Å². The summed E-state index contributed by atoms with van der Waals surface area (Å²) < 4.78 is 42.7. The number of fused-ring (bicyclic) bond motifs is 3. The Balaban J connectivity index is 1.39.